The molecule has 4 heteroatoms. The molecule has 1 aliphatic rings. The van der Waals surface area contributed by atoms with Crippen molar-refractivity contribution >= 4 is 11.9 Å². The number of rotatable bonds is 3. The zero-order valence-electron chi connectivity index (χ0n) is 9.33. The van der Waals surface area contributed by atoms with Gasteiger partial charge in [-0.2, -0.15) is 0 Å². The van der Waals surface area contributed by atoms with Gasteiger partial charge in [-0.25, -0.2) is 4.79 Å². The lowest BCUT2D eigenvalue weighted by molar-refractivity contribution is -0.147. The van der Waals surface area contributed by atoms with Crippen LogP contribution in [0.1, 0.15) is 20.8 Å². The summed E-state index contributed by atoms with van der Waals surface area (Å²) in [5.74, 6) is -1.14. The van der Waals surface area contributed by atoms with E-state index in [-0.39, 0.29) is 23.9 Å². The molecule has 0 spiro atoms. The molecule has 0 amide bonds. The third kappa shape index (κ3) is 2.58. The van der Waals surface area contributed by atoms with Gasteiger partial charge in [-0.3, -0.25) is 4.79 Å². The van der Waals surface area contributed by atoms with Gasteiger partial charge in [0.15, 0.2) is 0 Å². The lowest BCUT2D eigenvalue weighted by atomic mass is 9.82. The first-order valence-corrected chi connectivity index (χ1v) is 4.84. The SMILES string of the molecule is C=C(C)C(=O)OCC1C(=O)OCC1(C)C. The quantitative estimate of drug-likeness (QED) is 0.522. The summed E-state index contributed by atoms with van der Waals surface area (Å²) in [6, 6.07) is 0. The second kappa shape index (κ2) is 4.04. The van der Waals surface area contributed by atoms with Crippen molar-refractivity contribution in [2.24, 2.45) is 11.3 Å². The highest BCUT2D eigenvalue weighted by atomic mass is 16.6. The molecule has 4 nitrogen and oxygen atoms in total. The smallest absolute Gasteiger partial charge is 0.333 e. The van der Waals surface area contributed by atoms with Crippen LogP contribution in [0, 0.1) is 11.3 Å². The van der Waals surface area contributed by atoms with E-state index in [0.717, 1.165) is 0 Å². The minimum Gasteiger partial charge on any atom is -0.465 e. The second-order valence-corrected chi connectivity index (χ2v) is 4.53. The Bertz CT molecular complexity index is 304. The van der Waals surface area contributed by atoms with E-state index in [0.29, 0.717) is 12.2 Å². The largest absolute Gasteiger partial charge is 0.465 e. The number of hydrogen-bond acceptors (Lipinski definition) is 4. The van der Waals surface area contributed by atoms with Gasteiger partial charge in [0.25, 0.3) is 0 Å². The van der Waals surface area contributed by atoms with Gasteiger partial charge in [0.2, 0.25) is 0 Å². The Kier molecular flexibility index (Phi) is 3.17. The highest BCUT2D eigenvalue weighted by molar-refractivity contribution is 5.87. The van der Waals surface area contributed by atoms with Crippen LogP contribution in [0.5, 0.6) is 0 Å². The van der Waals surface area contributed by atoms with Gasteiger partial charge in [-0.05, 0) is 6.92 Å². The van der Waals surface area contributed by atoms with Crippen LogP contribution in [0.4, 0.5) is 0 Å². The van der Waals surface area contributed by atoms with Crippen molar-refractivity contribution in [1.29, 1.82) is 0 Å². The molecule has 1 heterocycles. The lowest BCUT2D eigenvalue weighted by Gasteiger charge is -2.21. The Hall–Kier alpha value is -1.32. The van der Waals surface area contributed by atoms with Crippen molar-refractivity contribution < 1.29 is 19.1 Å². The molecule has 0 aromatic carbocycles. The second-order valence-electron chi connectivity index (χ2n) is 4.53. The van der Waals surface area contributed by atoms with E-state index in [1.807, 2.05) is 13.8 Å². The van der Waals surface area contributed by atoms with Crippen LogP contribution < -0.4 is 0 Å². The van der Waals surface area contributed by atoms with Crippen molar-refractivity contribution in [3.8, 4) is 0 Å². The summed E-state index contributed by atoms with van der Waals surface area (Å²) in [7, 11) is 0. The number of esters is 2. The molecule has 0 N–H and O–H groups in total. The van der Waals surface area contributed by atoms with Gasteiger partial charge in [0.05, 0.1) is 12.5 Å². The van der Waals surface area contributed by atoms with Crippen LogP contribution in [-0.2, 0) is 19.1 Å². The molecule has 0 aromatic rings. The van der Waals surface area contributed by atoms with E-state index >= 15 is 0 Å². The highest BCUT2D eigenvalue weighted by Gasteiger charge is 2.44. The third-order valence-electron chi connectivity index (χ3n) is 2.54. The first-order chi connectivity index (χ1) is 6.84. The van der Waals surface area contributed by atoms with Crippen molar-refractivity contribution in [3.05, 3.63) is 12.2 Å². The normalized spacial score (nSPS) is 23.4. The number of carbonyl (C=O) groups excluding carboxylic acids is 2. The Morgan fingerprint density at radius 3 is 2.67 bits per heavy atom. The van der Waals surface area contributed by atoms with Gasteiger partial charge >= 0.3 is 11.9 Å². The summed E-state index contributed by atoms with van der Waals surface area (Å²) in [4.78, 5) is 22.5. The molecule has 0 aliphatic carbocycles. The van der Waals surface area contributed by atoms with Gasteiger partial charge in [0.1, 0.15) is 6.61 Å². The van der Waals surface area contributed by atoms with Crippen molar-refractivity contribution in [2.75, 3.05) is 13.2 Å². The van der Waals surface area contributed by atoms with E-state index < -0.39 is 5.97 Å². The molecule has 15 heavy (non-hydrogen) atoms. The third-order valence-corrected chi connectivity index (χ3v) is 2.54. The zero-order chi connectivity index (χ0) is 11.6. The van der Waals surface area contributed by atoms with E-state index in [4.69, 9.17) is 9.47 Å². The minimum atomic E-state index is -0.467. The van der Waals surface area contributed by atoms with Crippen molar-refractivity contribution in [2.45, 2.75) is 20.8 Å². The summed E-state index contributed by atoms with van der Waals surface area (Å²) < 4.78 is 9.87. The Labute approximate surface area is 89.2 Å². The fourth-order valence-corrected chi connectivity index (χ4v) is 1.35. The molecule has 0 saturated carbocycles. The van der Waals surface area contributed by atoms with Crippen LogP contribution in [-0.4, -0.2) is 25.2 Å². The monoisotopic (exact) mass is 212 g/mol. The molecule has 1 saturated heterocycles. The summed E-state index contributed by atoms with van der Waals surface area (Å²) >= 11 is 0. The Balaban J connectivity index is 2.54. The molecule has 84 valence electrons. The maximum Gasteiger partial charge on any atom is 0.333 e. The molecule has 0 radical (unpaired) electrons. The maximum atomic E-state index is 11.3. The molecule has 1 unspecified atom stereocenters. The summed E-state index contributed by atoms with van der Waals surface area (Å²) in [5.41, 5.74) is 0.0612. The molecule has 1 fully saturated rings. The van der Waals surface area contributed by atoms with Crippen LogP contribution in [0.25, 0.3) is 0 Å². The van der Waals surface area contributed by atoms with E-state index in [9.17, 15) is 9.59 Å². The molecule has 0 bridgehead atoms. The zero-order valence-corrected chi connectivity index (χ0v) is 9.33. The van der Waals surface area contributed by atoms with Crippen LogP contribution in [0.2, 0.25) is 0 Å². The minimum absolute atomic E-state index is 0.0670. The molecular formula is C11H16O4. The summed E-state index contributed by atoms with van der Waals surface area (Å²) in [6.07, 6.45) is 0. The average Bonchev–Trinajstić information content (AvgIpc) is 2.38. The standard InChI is InChI=1S/C11H16O4/c1-7(2)9(12)14-5-8-10(13)15-6-11(8,3)4/h8H,1,5-6H2,2-4H3. The van der Waals surface area contributed by atoms with Crippen LogP contribution in [0.3, 0.4) is 0 Å². The molecule has 0 aromatic heterocycles. The summed E-state index contributed by atoms with van der Waals surface area (Å²) in [5, 5.41) is 0. The number of cyclic esters (lactones) is 1. The molecule has 1 rings (SSSR count). The van der Waals surface area contributed by atoms with E-state index in [1.165, 1.54) is 0 Å². The maximum absolute atomic E-state index is 11.3. The lowest BCUT2D eigenvalue weighted by Crippen LogP contribution is -2.29. The molecule has 1 aliphatic heterocycles. The van der Waals surface area contributed by atoms with Gasteiger partial charge in [-0.1, -0.05) is 20.4 Å². The molecular weight excluding hydrogens is 196 g/mol. The summed E-state index contributed by atoms with van der Waals surface area (Å²) in [6.45, 7) is 9.31. The average molecular weight is 212 g/mol. The van der Waals surface area contributed by atoms with Gasteiger partial charge < -0.3 is 9.47 Å². The van der Waals surface area contributed by atoms with Crippen LogP contribution in [0.15, 0.2) is 12.2 Å². The Morgan fingerprint density at radius 2 is 2.27 bits per heavy atom. The number of carbonyl (C=O) groups is 2. The fraction of sp³-hybridized carbons (Fsp3) is 0.636. The number of hydrogen-bond donors (Lipinski definition) is 0. The predicted molar refractivity (Wildman–Crippen MR) is 54.0 cm³/mol. The highest BCUT2D eigenvalue weighted by Crippen LogP contribution is 2.34. The van der Waals surface area contributed by atoms with Crippen LogP contribution >= 0.6 is 0 Å². The topological polar surface area (TPSA) is 52.6 Å². The van der Waals surface area contributed by atoms with Crippen molar-refractivity contribution in [3.63, 3.8) is 0 Å². The Morgan fingerprint density at radius 1 is 1.67 bits per heavy atom. The van der Waals surface area contributed by atoms with E-state index in [2.05, 4.69) is 6.58 Å². The van der Waals surface area contributed by atoms with Crippen molar-refractivity contribution in [1.82, 2.24) is 0 Å². The van der Waals surface area contributed by atoms with E-state index in [1.54, 1.807) is 6.92 Å². The fourth-order valence-electron chi connectivity index (χ4n) is 1.35. The predicted octanol–water partition coefficient (Wildman–Crippen LogP) is 1.30. The van der Waals surface area contributed by atoms with Gasteiger partial charge in [0, 0.05) is 11.0 Å². The first kappa shape index (κ1) is 11.8. The van der Waals surface area contributed by atoms with Gasteiger partial charge in [-0.15, -0.1) is 0 Å². The first-order valence-electron chi connectivity index (χ1n) is 4.84. The number of ether oxygens (including phenoxy) is 2. The molecule has 1 atom stereocenters.